The number of hydrogen-bond donors (Lipinski definition) is 2. The molecule has 0 saturated heterocycles. The summed E-state index contributed by atoms with van der Waals surface area (Å²) in [5, 5.41) is 12.0. The van der Waals surface area contributed by atoms with Gasteiger partial charge in [0.2, 0.25) is 0 Å². The van der Waals surface area contributed by atoms with E-state index in [-0.39, 0.29) is 6.61 Å². The molecule has 2 aromatic rings. The molecule has 6 heteroatoms. The van der Waals surface area contributed by atoms with Gasteiger partial charge in [-0.2, -0.15) is 0 Å². The quantitative estimate of drug-likeness (QED) is 0.729. The van der Waals surface area contributed by atoms with Crippen molar-refractivity contribution in [3.63, 3.8) is 0 Å². The van der Waals surface area contributed by atoms with Crippen molar-refractivity contribution < 1.29 is 19.4 Å². The highest BCUT2D eigenvalue weighted by atomic mass is 32.2. The first-order valence-corrected chi connectivity index (χ1v) is 9.25. The number of thioether (sulfide) groups is 1. The first kappa shape index (κ1) is 19.8. The molecule has 2 aromatic carbocycles. The Morgan fingerprint density at radius 3 is 2.12 bits per heavy atom. The molecule has 26 heavy (non-hydrogen) atoms. The number of carbonyl (C=O) groups excluding carboxylic acids is 1. The lowest BCUT2D eigenvalue weighted by Crippen LogP contribution is -2.52. The van der Waals surface area contributed by atoms with Gasteiger partial charge in [0, 0.05) is 10.5 Å². The minimum absolute atomic E-state index is 0.0938. The molecule has 0 aliphatic carbocycles. The van der Waals surface area contributed by atoms with Crippen LogP contribution in [0.4, 0.5) is 4.79 Å². The first-order valence-electron chi connectivity index (χ1n) is 8.26. The number of aliphatic carboxylic acids is 1. The van der Waals surface area contributed by atoms with Crippen molar-refractivity contribution in [2.24, 2.45) is 0 Å². The third kappa shape index (κ3) is 6.11. The Morgan fingerprint density at radius 1 is 1.04 bits per heavy atom. The van der Waals surface area contributed by atoms with E-state index in [4.69, 9.17) is 4.74 Å². The Labute approximate surface area is 157 Å². The number of carboxylic acid groups (broad SMARTS) is 1. The Hall–Kier alpha value is -2.47. The Kier molecular flexibility index (Phi) is 7.09. The van der Waals surface area contributed by atoms with Crippen LogP contribution in [0, 0.1) is 0 Å². The van der Waals surface area contributed by atoms with E-state index in [1.54, 1.807) is 13.8 Å². The summed E-state index contributed by atoms with van der Waals surface area (Å²) in [6.45, 7) is 3.70. The van der Waals surface area contributed by atoms with Crippen molar-refractivity contribution in [3.05, 3.63) is 71.8 Å². The molecule has 0 fully saturated rings. The largest absolute Gasteiger partial charge is 0.480 e. The maximum atomic E-state index is 12.0. The van der Waals surface area contributed by atoms with E-state index in [0.29, 0.717) is 5.75 Å². The van der Waals surface area contributed by atoms with Gasteiger partial charge in [-0.05, 0) is 25.0 Å². The molecule has 2 N–H and O–H groups in total. The molecule has 5 nitrogen and oxygen atoms in total. The van der Waals surface area contributed by atoms with E-state index in [0.717, 1.165) is 11.1 Å². The minimum Gasteiger partial charge on any atom is -0.480 e. The summed E-state index contributed by atoms with van der Waals surface area (Å²) in [6.07, 6.45) is -0.741. The number of hydrogen-bond acceptors (Lipinski definition) is 4. The lowest BCUT2D eigenvalue weighted by Gasteiger charge is -2.31. The third-order valence-electron chi connectivity index (χ3n) is 3.87. The smallest absolute Gasteiger partial charge is 0.408 e. The van der Waals surface area contributed by atoms with Gasteiger partial charge in [-0.15, -0.1) is 11.8 Å². The second-order valence-electron chi connectivity index (χ2n) is 6.36. The molecule has 0 aliphatic heterocycles. The maximum absolute atomic E-state index is 12.0. The first-order chi connectivity index (χ1) is 12.4. The van der Waals surface area contributed by atoms with Crippen molar-refractivity contribution in [2.45, 2.75) is 37.0 Å². The molecule has 0 saturated carbocycles. The van der Waals surface area contributed by atoms with E-state index < -0.39 is 22.9 Å². The number of nitrogens with one attached hydrogen (secondary N) is 1. The molecule has 1 amide bonds. The molecule has 0 bridgehead atoms. The van der Waals surface area contributed by atoms with Gasteiger partial charge in [0.1, 0.15) is 12.6 Å². The number of alkyl carbamates (subject to hydrolysis) is 1. The van der Waals surface area contributed by atoms with E-state index >= 15 is 0 Å². The van der Waals surface area contributed by atoms with E-state index in [1.165, 1.54) is 11.8 Å². The van der Waals surface area contributed by atoms with E-state index in [2.05, 4.69) is 5.32 Å². The van der Waals surface area contributed by atoms with Gasteiger partial charge in [0.15, 0.2) is 0 Å². The molecule has 0 radical (unpaired) electrons. The zero-order chi connectivity index (χ0) is 19.0. The summed E-state index contributed by atoms with van der Waals surface area (Å²) in [5.74, 6) is -0.439. The van der Waals surface area contributed by atoms with Crippen molar-refractivity contribution in [3.8, 4) is 0 Å². The highest BCUT2D eigenvalue weighted by Crippen LogP contribution is 2.31. The van der Waals surface area contributed by atoms with Crippen LogP contribution in [0.5, 0.6) is 0 Å². The van der Waals surface area contributed by atoms with Crippen LogP contribution in [0.25, 0.3) is 0 Å². The number of ether oxygens (including phenoxy) is 1. The Morgan fingerprint density at radius 2 is 1.58 bits per heavy atom. The number of benzene rings is 2. The molecule has 0 spiro atoms. The van der Waals surface area contributed by atoms with Gasteiger partial charge in [-0.3, -0.25) is 0 Å². The highest BCUT2D eigenvalue weighted by molar-refractivity contribution is 7.99. The normalized spacial score (nSPS) is 12.2. The van der Waals surface area contributed by atoms with Crippen LogP contribution in [-0.2, 0) is 21.9 Å². The molecule has 138 valence electrons. The standard InChI is InChI=1S/C20H23NO4S/c1-20(2,26-14-16-11-7-4-8-12-16)17(18(22)23)21-19(24)25-13-15-9-5-3-6-10-15/h3-12,17H,13-14H2,1-2H3,(H,21,24)(H,22,23). The molecule has 1 atom stereocenters. The van der Waals surface area contributed by atoms with Crippen LogP contribution in [0.3, 0.4) is 0 Å². The molecule has 1 unspecified atom stereocenters. The number of carbonyl (C=O) groups is 2. The predicted octanol–water partition coefficient (Wildman–Crippen LogP) is 4.08. The van der Waals surface area contributed by atoms with Gasteiger partial charge >= 0.3 is 12.1 Å². The van der Waals surface area contributed by atoms with Crippen LogP contribution in [0.15, 0.2) is 60.7 Å². The topological polar surface area (TPSA) is 75.6 Å². The van der Waals surface area contributed by atoms with Crippen LogP contribution in [0.2, 0.25) is 0 Å². The summed E-state index contributed by atoms with van der Waals surface area (Å²) in [5.41, 5.74) is 1.94. The number of amides is 1. The summed E-state index contributed by atoms with van der Waals surface area (Å²) >= 11 is 1.47. The molecule has 0 aromatic heterocycles. The van der Waals surface area contributed by atoms with Crippen LogP contribution in [-0.4, -0.2) is 28.0 Å². The number of carboxylic acids is 1. The molecule has 0 heterocycles. The fourth-order valence-electron chi connectivity index (χ4n) is 2.34. The Bertz CT molecular complexity index is 719. The van der Waals surface area contributed by atoms with Gasteiger partial charge in [-0.25, -0.2) is 9.59 Å². The van der Waals surface area contributed by atoms with Crippen molar-refractivity contribution in [2.75, 3.05) is 0 Å². The lowest BCUT2D eigenvalue weighted by atomic mass is 10.0. The van der Waals surface area contributed by atoms with Gasteiger partial charge in [0.05, 0.1) is 0 Å². The van der Waals surface area contributed by atoms with Crippen LogP contribution in [0.1, 0.15) is 25.0 Å². The summed E-state index contributed by atoms with van der Waals surface area (Å²) < 4.78 is 4.43. The maximum Gasteiger partial charge on any atom is 0.408 e. The van der Waals surface area contributed by atoms with Gasteiger partial charge in [0.25, 0.3) is 0 Å². The zero-order valence-electron chi connectivity index (χ0n) is 14.8. The third-order valence-corrected chi connectivity index (χ3v) is 5.33. The van der Waals surface area contributed by atoms with Gasteiger partial charge < -0.3 is 15.2 Å². The number of rotatable bonds is 8. The summed E-state index contributed by atoms with van der Waals surface area (Å²) in [7, 11) is 0. The average molecular weight is 373 g/mol. The Balaban J connectivity index is 1.93. The SMILES string of the molecule is CC(C)(SCc1ccccc1)C(NC(=O)OCc1ccccc1)C(=O)O. The van der Waals surface area contributed by atoms with Gasteiger partial charge in [-0.1, -0.05) is 60.7 Å². The fourth-order valence-corrected chi connectivity index (χ4v) is 3.40. The second-order valence-corrected chi connectivity index (χ2v) is 7.98. The van der Waals surface area contributed by atoms with Crippen LogP contribution >= 0.6 is 11.8 Å². The molecule has 0 aliphatic rings. The van der Waals surface area contributed by atoms with E-state index in [1.807, 2.05) is 60.7 Å². The summed E-state index contributed by atoms with van der Waals surface area (Å²) in [4.78, 5) is 23.7. The predicted molar refractivity (Wildman–Crippen MR) is 103 cm³/mol. The van der Waals surface area contributed by atoms with Crippen molar-refractivity contribution >= 4 is 23.8 Å². The van der Waals surface area contributed by atoms with Crippen molar-refractivity contribution in [1.29, 1.82) is 0 Å². The molecular formula is C20H23NO4S. The average Bonchev–Trinajstić information content (AvgIpc) is 2.64. The second kappa shape index (κ2) is 9.29. The van der Waals surface area contributed by atoms with Crippen molar-refractivity contribution in [1.82, 2.24) is 5.32 Å². The summed E-state index contributed by atoms with van der Waals surface area (Å²) in [6, 6.07) is 18.0. The van der Waals surface area contributed by atoms with Crippen LogP contribution < -0.4 is 5.32 Å². The fraction of sp³-hybridized carbons (Fsp3) is 0.300. The highest BCUT2D eigenvalue weighted by Gasteiger charge is 2.37. The minimum atomic E-state index is -1.09. The van der Waals surface area contributed by atoms with E-state index in [9.17, 15) is 14.7 Å². The lowest BCUT2D eigenvalue weighted by molar-refractivity contribution is -0.140. The molecule has 2 rings (SSSR count). The zero-order valence-corrected chi connectivity index (χ0v) is 15.7. The molecular weight excluding hydrogens is 350 g/mol. The monoisotopic (exact) mass is 373 g/mol.